The van der Waals surface area contributed by atoms with Gasteiger partial charge in [-0.05, 0) is 56.2 Å². The summed E-state index contributed by atoms with van der Waals surface area (Å²) in [6.07, 6.45) is -5.14. The van der Waals surface area contributed by atoms with Crippen molar-refractivity contribution in [2.24, 2.45) is 0 Å². The maximum Gasteiger partial charge on any atom is 0.416 e. The van der Waals surface area contributed by atoms with Gasteiger partial charge in [-0.25, -0.2) is 9.59 Å². The lowest BCUT2D eigenvalue weighted by Crippen LogP contribution is -2.56. The van der Waals surface area contributed by atoms with Gasteiger partial charge in [-0.1, -0.05) is 42.5 Å². The first-order valence-electron chi connectivity index (χ1n) is 15.0. The molecule has 3 aromatic rings. The number of halogens is 3. The Balaban J connectivity index is 1.57. The van der Waals surface area contributed by atoms with Gasteiger partial charge in [0.1, 0.15) is 6.04 Å². The van der Waals surface area contributed by atoms with E-state index in [4.69, 9.17) is 0 Å². The highest BCUT2D eigenvalue weighted by atomic mass is 32.2. The number of anilines is 2. The number of carbonyl (C=O) groups is 3. The first kappa shape index (κ1) is 35.6. The molecule has 5 amide bonds. The molecule has 2 atom stereocenters. The Bertz CT molecular complexity index is 1580. The van der Waals surface area contributed by atoms with E-state index in [1.54, 1.807) is 31.2 Å². The van der Waals surface area contributed by atoms with Crippen LogP contribution in [0.2, 0.25) is 0 Å². The Morgan fingerprint density at radius 1 is 1.04 bits per heavy atom. The largest absolute Gasteiger partial charge is 0.416 e. The molecule has 10 nitrogen and oxygen atoms in total. The summed E-state index contributed by atoms with van der Waals surface area (Å²) < 4.78 is 40.8. The number of β-amino-alcohol motifs (C(OH)–C–C–N with tert-alkyl or cyclic N) is 1. The van der Waals surface area contributed by atoms with E-state index >= 15 is 0 Å². The lowest BCUT2D eigenvalue weighted by atomic mass is 10.0. The minimum absolute atomic E-state index is 0.0226. The molecule has 1 heterocycles. The number of para-hydroxylation sites is 1. The van der Waals surface area contributed by atoms with Gasteiger partial charge >= 0.3 is 18.2 Å². The predicted molar refractivity (Wildman–Crippen MR) is 177 cm³/mol. The maximum atomic E-state index is 13.9. The average molecular weight is 673 g/mol. The molecule has 0 aromatic heterocycles. The van der Waals surface area contributed by atoms with Crippen molar-refractivity contribution in [2.75, 3.05) is 36.1 Å². The smallest absolute Gasteiger partial charge is 0.392 e. The van der Waals surface area contributed by atoms with E-state index in [1.165, 1.54) is 18.0 Å². The quantitative estimate of drug-likeness (QED) is 0.176. The molecule has 0 saturated carbocycles. The topological polar surface area (TPSA) is 135 Å². The Morgan fingerprint density at radius 2 is 1.74 bits per heavy atom. The second-order valence-corrected chi connectivity index (χ2v) is 12.9. The zero-order valence-corrected chi connectivity index (χ0v) is 27.3. The van der Waals surface area contributed by atoms with Crippen LogP contribution in [0, 0.1) is 0 Å². The number of thioether (sulfide) groups is 1. The fourth-order valence-corrected chi connectivity index (χ4v) is 5.95. The van der Waals surface area contributed by atoms with E-state index in [2.05, 4.69) is 26.6 Å². The van der Waals surface area contributed by atoms with Gasteiger partial charge in [-0.3, -0.25) is 4.79 Å². The summed E-state index contributed by atoms with van der Waals surface area (Å²) >= 11 is 1.07. The van der Waals surface area contributed by atoms with E-state index in [0.717, 1.165) is 35.0 Å². The Morgan fingerprint density at radius 3 is 2.40 bits per heavy atom. The standard InChI is InChI=1S/C33H39F3N6O4S/c1-20(43)16-39-32(2,3)19-38-31(46)41-26-18-47-28-15-23(33(34,35)36)13-14-27(28)42(29(26)44)17-21-9-11-22(12-10-21)24-7-5-6-8-25(24)40-30(45)37-4/h5-15,20,26,39,43H,16-19H2,1-4H3,(H2,37,40,45)(H2,38,41,46)/t20-,26-/m1/s1. The molecule has 6 N–H and O–H groups in total. The molecule has 0 radical (unpaired) electrons. The number of benzene rings is 3. The molecule has 1 aliphatic heterocycles. The van der Waals surface area contributed by atoms with Crippen molar-refractivity contribution in [3.8, 4) is 11.1 Å². The summed E-state index contributed by atoms with van der Waals surface area (Å²) in [6, 6.07) is 15.8. The maximum absolute atomic E-state index is 13.9. The van der Waals surface area contributed by atoms with Gasteiger partial charge in [0.05, 0.1) is 29.6 Å². The normalized spacial score (nSPS) is 15.7. The van der Waals surface area contributed by atoms with Crippen molar-refractivity contribution in [2.45, 2.75) is 56.1 Å². The molecule has 4 rings (SSSR count). The third kappa shape index (κ3) is 9.62. The molecule has 47 heavy (non-hydrogen) atoms. The number of aliphatic hydroxyl groups excluding tert-OH is 1. The second kappa shape index (κ2) is 15.1. The van der Waals surface area contributed by atoms with Crippen molar-refractivity contribution in [1.29, 1.82) is 0 Å². The number of hydrogen-bond acceptors (Lipinski definition) is 6. The van der Waals surface area contributed by atoms with Crippen LogP contribution >= 0.6 is 11.8 Å². The van der Waals surface area contributed by atoms with Crippen LogP contribution in [0.1, 0.15) is 31.9 Å². The molecule has 1 aliphatic rings. The summed E-state index contributed by atoms with van der Waals surface area (Å²) in [6.45, 7) is 5.88. The Labute approximate surface area is 275 Å². The van der Waals surface area contributed by atoms with Crippen LogP contribution in [0.15, 0.2) is 71.6 Å². The summed E-state index contributed by atoms with van der Waals surface area (Å²) in [5, 5.41) is 23.4. The highest BCUT2D eigenvalue weighted by Gasteiger charge is 2.36. The number of hydrogen-bond donors (Lipinski definition) is 6. The lowest BCUT2D eigenvalue weighted by molar-refractivity contribution is -0.137. The number of urea groups is 2. The zero-order valence-electron chi connectivity index (χ0n) is 26.5. The van der Waals surface area contributed by atoms with E-state index in [9.17, 15) is 32.7 Å². The van der Waals surface area contributed by atoms with E-state index in [-0.39, 0.29) is 29.8 Å². The summed E-state index contributed by atoms with van der Waals surface area (Å²) in [4.78, 5) is 40.4. The average Bonchev–Trinajstić information content (AvgIpc) is 3.15. The van der Waals surface area contributed by atoms with Gasteiger partial charge in [0.2, 0.25) is 0 Å². The van der Waals surface area contributed by atoms with Crippen LogP contribution in [0.3, 0.4) is 0 Å². The van der Waals surface area contributed by atoms with Crippen LogP contribution in [-0.4, -0.2) is 66.7 Å². The van der Waals surface area contributed by atoms with Crippen molar-refractivity contribution >= 4 is 41.1 Å². The number of fused-ring (bicyclic) bond motifs is 1. The Hall–Kier alpha value is -4.27. The number of rotatable bonds is 10. The SMILES string of the molecule is CNC(=O)Nc1ccccc1-c1ccc(CN2C(=O)[C@H](NC(=O)NCC(C)(C)NC[C@@H](C)O)CSc3cc(C(F)(F)F)ccc32)cc1. The monoisotopic (exact) mass is 672 g/mol. The molecular weight excluding hydrogens is 633 g/mol. The summed E-state index contributed by atoms with van der Waals surface area (Å²) in [5.41, 5.74) is 1.79. The molecule has 0 fully saturated rings. The van der Waals surface area contributed by atoms with Crippen molar-refractivity contribution in [3.63, 3.8) is 0 Å². The fraction of sp³-hybridized carbons (Fsp3) is 0.364. The van der Waals surface area contributed by atoms with Crippen molar-refractivity contribution in [3.05, 3.63) is 77.9 Å². The molecule has 252 valence electrons. The van der Waals surface area contributed by atoms with E-state index in [1.807, 2.05) is 38.1 Å². The molecular formula is C33H39F3N6O4S. The number of aliphatic hydroxyl groups is 1. The van der Waals surface area contributed by atoms with Crippen LogP contribution < -0.4 is 31.5 Å². The van der Waals surface area contributed by atoms with E-state index < -0.39 is 41.4 Å². The zero-order chi connectivity index (χ0) is 34.4. The van der Waals surface area contributed by atoms with Crippen LogP contribution in [-0.2, 0) is 17.5 Å². The van der Waals surface area contributed by atoms with Crippen LogP contribution in [0.25, 0.3) is 11.1 Å². The third-order valence-corrected chi connectivity index (χ3v) is 8.57. The Kier molecular flexibility index (Phi) is 11.4. The van der Waals surface area contributed by atoms with Gasteiger partial charge in [-0.15, -0.1) is 11.8 Å². The van der Waals surface area contributed by atoms with Gasteiger partial charge in [0.15, 0.2) is 0 Å². The summed E-state index contributed by atoms with van der Waals surface area (Å²) in [5.74, 6) is -0.448. The molecule has 14 heteroatoms. The second-order valence-electron chi connectivity index (χ2n) is 11.9. The van der Waals surface area contributed by atoms with Crippen LogP contribution in [0.4, 0.5) is 34.1 Å². The lowest BCUT2D eigenvalue weighted by Gasteiger charge is -2.29. The first-order chi connectivity index (χ1) is 22.2. The van der Waals surface area contributed by atoms with Gasteiger partial charge in [-0.2, -0.15) is 13.2 Å². The highest BCUT2D eigenvalue weighted by Crippen LogP contribution is 2.40. The number of carbonyl (C=O) groups excluding carboxylic acids is 3. The minimum atomic E-state index is -4.57. The van der Waals surface area contributed by atoms with Gasteiger partial charge in [0.25, 0.3) is 5.91 Å². The molecule has 0 unspecified atom stereocenters. The van der Waals surface area contributed by atoms with Gasteiger partial charge in [0, 0.05) is 41.9 Å². The number of alkyl halides is 3. The fourth-order valence-electron chi connectivity index (χ4n) is 4.84. The van der Waals surface area contributed by atoms with Crippen molar-refractivity contribution < 1.29 is 32.7 Å². The third-order valence-electron chi connectivity index (χ3n) is 7.43. The molecule has 0 aliphatic carbocycles. The summed E-state index contributed by atoms with van der Waals surface area (Å²) in [7, 11) is 1.52. The first-order valence-corrected chi connectivity index (χ1v) is 16.0. The molecule has 0 saturated heterocycles. The number of nitrogens with one attached hydrogen (secondary N) is 5. The van der Waals surface area contributed by atoms with E-state index in [0.29, 0.717) is 23.5 Å². The predicted octanol–water partition coefficient (Wildman–Crippen LogP) is 5.18. The van der Waals surface area contributed by atoms with Gasteiger partial charge < -0.3 is 36.6 Å². The minimum Gasteiger partial charge on any atom is -0.392 e. The molecule has 0 bridgehead atoms. The highest BCUT2D eigenvalue weighted by molar-refractivity contribution is 7.99. The molecule has 0 spiro atoms. The number of amides is 5. The van der Waals surface area contributed by atoms with Crippen molar-refractivity contribution in [1.82, 2.24) is 21.3 Å². The number of nitrogens with zero attached hydrogens (tertiary/aromatic N) is 1. The molecule has 3 aromatic carbocycles. The van der Waals surface area contributed by atoms with Crippen LogP contribution in [0.5, 0.6) is 0 Å².